The molecule has 1 amide bonds. The zero-order valence-corrected chi connectivity index (χ0v) is 15.6. The number of thioether (sulfide) groups is 1. The maximum atomic E-state index is 12.5. The first kappa shape index (κ1) is 18.2. The second-order valence-electron chi connectivity index (χ2n) is 5.31. The molecule has 0 aliphatic heterocycles. The molecule has 6 nitrogen and oxygen atoms in total. The highest BCUT2D eigenvalue weighted by atomic mass is 32.2. The molecule has 2 aromatic carbocycles. The fourth-order valence-electron chi connectivity index (χ4n) is 2.27. The van der Waals surface area contributed by atoms with Crippen molar-refractivity contribution in [1.29, 1.82) is 0 Å². The molecule has 0 fully saturated rings. The van der Waals surface area contributed by atoms with Crippen LogP contribution in [0.2, 0.25) is 0 Å². The molecule has 3 aromatic rings. The van der Waals surface area contributed by atoms with Gasteiger partial charge in [-0.3, -0.25) is 9.93 Å². The fourth-order valence-corrected chi connectivity index (χ4v) is 2.97. The van der Waals surface area contributed by atoms with Crippen molar-refractivity contribution in [1.82, 2.24) is 9.97 Å². The van der Waals surface area contributed by atoms with E-state index in [-0.39, 0.29) is 11.5 Å². The fraction of sp³-hybridized carbons (Fsp3) is 0.0556. The number of carbonyl (C=O) groups excluding carboxylic acids is 1. The molecule has 0 aliphatic carbocycles. The number of carbonyl (C=O) groups is 1. The van der Waals surface area contributed by atoms with E-state index in [1.807, 2.05) is 42.7 Å². The van der Waals surface area contributed by atoms with Crippen LogP contribution in [-0.2, 0) is 0 Å². The average molecular weight is 384 g/mol. The molecular formula is C18H17N5OS2. The van der Waals surface area contributed by atoms with Crippen LogP contribution in [0.3, 0.4) is 0 Å². The lowest BCUT2D eigenvalue weighted by molar-refractivity contribution is 0.102. The molecule has 0 saturated heterocycles. The van der Waals surface area contributed by atoms with E-state index in [1.54, 1.807) is 30.1 Å². The van der Waals surface area contributed by atoms with Crippen LogP contribution in [0.25, 0.3) is 11.3 Å². The predicted octanol–water partition coefficient (Wildman–Crippen LogP) is 3.67. The van der Waals surface area contributed by atoms with E-state index in [0.29, 0.717) is 11.4 Å². The molecule has 3 rings (SSSR count). The van der Waals surface area contributed by atoms with E-state index in [0.717, 1.165) is 27.3 Å². The summed E-state index contributed by atoms with van der Waals surface area (Å²) in [7, 11) is 0. The second-order valence-corrected chi connectivity index (χ2v) is 6.90. The lowest BCUT2D eigenvalue weighted by Crippen LogP contribution is -2.17. The van der Waals surface area contributed by atoms with Gasteiger partial charge in [-0.05, 0) is 54.6 Å². The normalized spacial score (nSPS) is 10.5. The van der Waals surface area contributed by atoms with E-state index in [4.69, 9.17) is 10.9 Å². The molecule has 1 aromatic heterocycles. The van der Waals surface area contributed by atoms with Gasteiger partial charge in [0.25, 0.3) is 5.91 Å². The van der Waals surface area contributed by atoms with Crippen molar-refractivity contribution >= 4 is 41.1 Å². The zero-order chi connectivity index (χ0) is 18.5. The number of rotatable bonds is 5. The Morgan fingerprint density at radius 2 is 1.69 bits per heavy atom. The summed E-state index contributed by atoms with van der Waals surface area (Å²) >= 11 is 2.80. The molecule has 0 atom stereocenters. The van der Waals surface area contributed by atoms with Crippen molar-refractivity contribution in [2.75, 3.05) is 17.3 Å². The number of anilines is 2. The Balaban J connectivity index is 1.84. The summed E-state index contributed by atoms with van der Waals surface area (Å²) in [6, 6.07) is 15.0. The molecule has 0 saturated carbocycles. The van der Waals surface area contributed by atoms with Crippen molar-refractivity contribution in [2.45, 2.75) is 9.79 Å². The highest BCUT2D eigenvalue weighted by Gasteiger charge is 2.15. The number of hydrogen-bond donors (Lipinski definition) is 3. The highest BCUT2D eigenvalue weighted by Crippen LogP contribution is 2.23. The van der Waals surface area contributed by atoms with Crippen LogP contribution in [0.15, 0.2) is 64.5 Å². The quantitative estimate of drug-likeness (QED) is 0.456. The summed E-state index contributed by atoms with van der Waals surface area (Å²) in [5.74, 6) is -0.327. The SMILES string of the molecule is CSc1ccc(-c2cnc(N)c(C(=O)Nc3ccc(SN)cc3)n2)cc1. The van der Waals surface area contributed by atoms with Gasteiger partial charge in [0.15, 0.2) is 11.5 Å². The van der Waals surface area contributed by atoms with Crippen LogP contribution in [0, 0.1) is 0 Å². The second kappa shape index (κ2) is 8.22. The molecule has 5 N–H and O–H groups in total. The number of amides is 1. The summed E-state index contributed by atoms with van der Waals surface area (Å²) in [6.07, 6.45) is 3.58. The van der Waals surface area contributed by atoms with Gasteiger partial charge in [0.05, 0.1) is 11.9 Å². The largest absolute Gasteiger partial charge is 0.382 e. The number of hydrogen-bond acceptors (Lipinski definition) is 7. The first-order valence-corrected chi connectivity index (χ1v) is 9.76. The van der Waals surface area contributed by atoms with Gasteiger partial charge in [-0.1, -0.05) is 12.1 Å². The maximum absolute atomic E-state index is 12.5. The smallest absolute Gasteiger partial charge is 0.278 e. The Morgan fingerprint density at radius 1 is 1.04 bits per heavy atom. The average Bonchev–Trinajstić information content (AvgIpc) is 2.69. The summed E-state index contributed by atoms with van der Waals surface area (Å²) in [5.41, 5.74) is 8.03. The molecule has 0 aliphatic rings. The number of nitrogens with zero attached hydrogens (tertiary/aromatic N) is 2. The summed E-state index contributed by atoms with van der Waals surface area (Å²) < 4.78 is 0. The number of nitrogens with one attached hydrogen (secondary N) is 1. The molecule has 1 heterocycles. The number of benzene rings is 2. The molecule has 8 heteroatoms. The Bertz CT molecular complexity index is 914. The predicted molar refractivity (Wildman–Crippen MR) is 108 cm³/mol. The van der Waals surface area contributed by atoms with Crippen molar-refractivity contribution in [3.05, 3.63) is 60.4 Å². The third kappa shape index (κ3) is 4.16. The van der Waals surface area contributed by atoms with Gasteiger partial charge < -0.3 is 11.1 Å². The van der Waals surface area contributed by atoms with Crippen molar-refractivity contribution in [3.8, 4) is 11.3 Å². The lowest BCUT2D eigenvalue weighted by atomic mass is 10.1. The Labute approximate surface area is 159 Å². The minimum absolute atomic E-state index is 0.0844. The van der Waals surface area contributed by atoms with E-state index in [2.05, 4.69) is 15.3 Å². The summed E-state index contributed by atoms with van der Waals surface area (Å²) in [6.45, 7) is 0. The zero-order valence-electron chi connectivity index (χ0n) is 14.0. The Hall–Kier alpha value is -2.55. The standard InChI is InChI=1S/C18H17N5OS2/c1-25-13-6-2-11(3-7-13)15-10-21-17(19)16(23-15)18(24)22-12-4-8-14(26-20)9-5-12/h2-10H,20H2,1H3,(H2,19,21)(H,22,24). The van der Waals surface area contributed by atoms with Crippen LogP contribution >= 0.6 is 23.7 Å². The van der Waals surface area contributed by atoms with Gasteiger partial charge in [0.1, 0.15) is 0 Å². The molecule has 132 valence electrons. The van der Waals surface area contributed by atoms with Gasteiger partial charge in [-0.15, -0.1) is 11.8 Å². The summed E-state index contributed by atoms with van der Waals surface area (Å²) in [5, 5.41) is 8.27. The van der Waals surface area contributed by atoms with Crippen molar-refractivity contribution in [2.24, 2.45) is 5.14 Å². The lowest BCUT2D eigenvalue weighted by Gasteiger charge is -2.09. The van der Waals surface area contributed by atoms with Gasteiger partial charge in [-0.25, -0.2) is 9.97 Å². The first-order valence-electron chi connectivity index (χ1n) is 7.66. The number of nitrogen functional groups attached to an aromatic ring is 1. The third-order valence-electron chi connectivity index (χ3n) is 3.65. The molecule has 0 spiro atoms. The van der Waals surface area contributed by atoms with Gasteiger partial charge in [0.2, 0.25) is 0 Å². The van der Waals surface area contributed by atoms with Crippen LogP contribution in [-0.4, -0.2) is 22.1 Å². The summed E-state index contributed by atoms with van der Waals surface area (Å²) in [4.78, 5) is 23.1. The molecule has 26 heavy (non-hydrogen) atoms. The number of aromatic nitrogens is 2. The molecule has 0 bridgehead atoms. The van der Waals surface area contributed by atoms with Crippen LogP contribution < -0.4 is 16.2 Å². The van der Waals surface area contributed by atoms with E-state index in [1.165, 1.54) is 0 Å². The van der Waals surface area contributed by atoms with Gasteiger partial charge in [-0.2, -0.15) is 0 Å². The minimum Gasteiger partial charge on any atom is -0.382 e. The maximum Gasteiger partial charge on any atom is 0.278 e. The van der Waals surface area contributed by atoms with Crippen molar-refractivity contribution in [3.63, 3.8) is 0 Å². The van der Waals surface area contributed by atoms with Crippen molar-refractivity contribution < 1.29 is 4.79 Å². The number of nitrogens with two attached hydrogens (primary N) is 2. The van der Waals surface area contributed by atoms with E-state index >= 15 is 0 Å². The first-order chi connectivity index (χ1) is 12.6. The molecular weight excluding hydrogens is 366 g/mol. The van der Waals surface area contributed by atoms with E-state index < -0.39 is 5.91 Å². The Kier molecular flexibility index (Phi) is 5.77. The van der Waals surface area contributed by atoms with Gasteiger partial charge >= 0.3 is 0 Å². The molecule has 0 radical (unpaired) electrons. The topological polar surface area (TPSA) is 107 Å². The van der Waals surface area contributed by atoms with Crippen LogP contribution in [0.5, 0.6) is 0 Å². The van der Waals surface area contributed by atoms with Crippen LogP contribution in [0.1, 0.15) is 10.5 Å². The van der Waals surface area contributed by atoms with Gasteiger partial charge in [0, 0.05) is 21.0 Å². The minimum atomic E-state index is -0.411. The monoisotopic (exact) mass is 383 g/mol. The van der Waals surface area contributed by atoms with E-state index in [9.17, 15) is 4.79 Å². The van der Waals surface area contributed by atoms with Crippen LogP contribution in [0.4, 0.5) is 11.5 Å². The Morgan fingerprint density at radius 3 is 2.31 bits per heavy atom. The third-order valence-corrected chi connectivity index (χ3v) is 4.94. The highest BCUT2D eigenvalue weighted by molar-refractivity contribution is 7.98. The molecule has 0 unspecified atom stereocenters.